The van der Waals surface area contributed by atoms with E-state index in [1.165, 1.54) is 24.3 Å². The van der Waals surface area contributed by atoms with Gasteiger partial charge in [0.1, 0.15) is 60.4 Å². The first-order valence-corrected chi connectivity index (χ1v) is 43.0. The molecule has 42 heteroatoms. The number of aromatic nitrogens is 2. The van der Waals surface area contributed by atoms with Crippen LogP contribution in [-0.4, -0.2) is 248 Å². The zero-order chi connectivity index (χ0) is 94.4. The quantitative estimate of drug-likeness (QED) is 0.00984. The molecule has 8 aromatic rings. The average molecular weight is 1810 g/mol. The number of aliphatic carboxylic acids is 2. The lowest BCUT2D eigenvalue weighted by Crippen LogP contribution is -2.58. The van der Waals surface area contributed by atoms with Crippen molar-refractivity contribution in [1.82, 2.24) is 94.2 Å². The molecule has 2 saturated heterocycles. The minimum Gasteiger partial charge on any atom is -0.481 e. The average Bonchev–Trinajstić information content (AvgIpc) is 0.753. The number of rotatable bonds is 34. The number of nitrogens with zero attached hydrogens (tertiary/aromatic N) is 2. The number of hydrogen-bond donors (Lipinski definition) is 22. The van der Waals surface area contributed by atoms with E-state index in [1.807, 2.05) is 0 Å². The van der Waals surface area contributed by atoms with Crippen LogP contribution in [0.2, 0.25) is 0 Å². The Morgan fingerprint density at radius 3 is 1.02 bits per heavy atom. The number of carbonyl (C=O) groups is 18. The maximum atomic E-state index is 15.5. The largest absolute Gasteiger partial charge is 0.481 e. The van der Waals surface area contributed by atoms with Crippen LogP contribution in [0.15, 0.2) is 146 Å². The number of H-pyrrole nitrogens is 2. The highest BCUT2D eigenvalue weighted by atomic mass is 16.4. The fraction of sp³-hybridized carbons (Fsp3) is 0.356. The lowest BCUT2D eigenvalue weighted by molar-refractivity contribution is -0.141. The summed E-state index contributed by atoms with van der Waals surface area (Å²) in [6.07, 6.45) is 0.331. The summed E-state index contributed by atoms with van der Waals surface area (Å²) in [5.74, 6) is -18.8. The molecule has 42 nitrogen and oxygen atoms in total. The standard InChI is InChI=1S/C90H102N22O20/c91-89(92)97-35-15-27-59-75(119)101-45-69(113)103-65(41-71(115)116)81(125)109-63(37-47-17-3-1-4-18-47)79(123)107-61(77(121)105-59)25-11-13-33-95-83(127)67(39-49-43-99-57-23-9-7-21-51(49)57)111-85(129)53-29-31-55-74-56(32-30-54(73(53)74)86(111)130)88(132)112(87(55)131)68(40-50-44-100-58-24-10-8-22-52(50)58)84(128)96-34-14-12-26-62-78(122)106-60(28-16-36-98-90(93)94)76(120)102-46-70(114)104-66(42-72(117)118)82(126)110-64(80(124)108-62)38-48-19-5-2-6-20-48/h1-10,17-24,29-32,43-44,59-68,99-100H,11-16,25-28,33-42,45-46H2,(H,95,127)(H,96,128)(H,101,119)(H,102,120)(H,103,113)(H,104,114)(H,105,121)(H,106,122)(H,107,123)(H,108,124)(H,109,125)(H,110,126)(H,115,116)(H,117,118)(H4,91,92,97)(H4,93,94,98)/t59-,60-,61-,62-,63+,64+,65-,66-,67-,68-/m0/s1. The molecule has 12 rings (SSSR count). The number of hydrogen-bond acceptors (Lipinski definition) is 20. The molecule has 10 atom stereocenters. The van der Waals surface area contributed by atoms with Crippen LogP contribution in [0.1, 0.15) is 141 Å². The van der Waals surface area contributed by atoms with E-state index in [4.69, 9.17) is 22.3 Å². The van der Waals surface area contributed by atoms with Crippen LogP contribution in [0.4, 0.5) is 0 Å². The van der Waals surface area contributed by atoms with Gasteiger partial charge in [-0.05, 0) is 123 Å². The molecule has 132 heavy (non-hydrogen) atoms. The molecule has 0 bridgehead atoms. The summed E-state index contributed by atoms with van der Waals surface area (Å²) in [6, 6.07) is 20.6. The Labute approximate surface area is 753 Å². The number of carboxylic acids is 2. The first-order valence-electron chi connectivity index (χ1n) is 43.0. The van der Waals surface area contributed by atoms with Gasteiger partial charge in [0.25, 0.3) is 23.6 Å². The van der Waals surface area contributed by atoms with Crippen molar-refractivity contribution in [2.24, 2.45) is 11.5 Å². The van der Waals surface area contributed by atoms with Crippen LogP contribution in [0.5, 0.6) is 0 Å². The molecule has 2 aromatic heterocycles. The monoisotopic (exact) mass is 1810 g/mol. The third kappa shape index (κ3) is 24.1. The van der Waals surface area contributed by atoms with Gasteiger partial charge in [0.15, 0.2) is 11.9 Å². The zero-order valence-corrected chi connectivity index (χ0v) is 71.5. The molecule has 24 N–H and O–H groups in total. The lowest BCUT2D eigenvalue weighted by Gasteiger charge is -2.36. The van der Waals surface area contributed by atoms with Gasteiger partial charge >= 0.3 is 11.9 Å². The number of nitrogens with two attached hydrogens (primary N) is 2. The van der Waals surface area contributed by atoms with Gasteiger partial charge in [0, 0.05) is 119 Å². The van der Waals surface area contributed by atoms with E-state index in [9.17, 15) is 67.7 Å². The van der Waals surface area contributed by atoms with Crippen LogP contribution in [0, 0.1) is 10.8 Å². The predicted molar refractivity (Wildman–Crippen MR) is 475 cm³/mol. The first-order chi connectivity index (χ1) is 63.4. The highest BCUT2D eigenvalue weighted by Gasteiger charge is 2.47. The summed E-state index contributed by atoms with van der Waals surface area (Å²) < 4.78 is 0. The number of unbranched alkanes of at least 4 members (excludes halogenated alkanes) is 2. The summed E-state index contributed by atoms with van der Waals surface area (Å²) in [5, 5.41) is 71.9. The topological polar surface area (TPSA) is 654 Å². The van der Waals surface area contributed by atoms with Crippen molar-refractivity contribution < 1.29 is 96.5 Å². The minimum atomic E-state index is -1.74. The number of benzene rings is 6. The number of aromatic amines is 2. The number of imide groups is 2. The molecular weight excluding hydrogens is 1710 g/mol. The Morgan fingerprint density at radius 2 is 0.667 bits per heavy atom. The van der Waals surface area contributed by atoms with E-state index in [0.29, 0.717) is 44.1 Å². The van der Waals surface area contributed by atoms with Crippen LogP contribution in [-0.2, 0) is 92.8 Å². The Hall–Kier alpha value is -15.9. The van der Waals surface area contributed by atoms with E-state index in [-0.39, 0.29) is 161 Å². The molecule has 4 aliphatic rings. The fourth-order valence-corrected chi connectivity index (χ4v) is 16.4. The van der Waals surface area contributed by atoms with Crippen LogP contribution in [0.3, 0.4) is 0 Å². The number of carbonyl (C=O) groups excluding carboxylic acids is 16. The number of para-hydroxylation sites is 2. The zero-order valence-electron chi connectivity index (χ0n) is 71.5. The molecule has 16 amide bonds. The van der Waals surface area contributed by atoms with Crippen molar-refractivity contribution >= 4 is 151 Å². The van der Waals surface area contributed by atoms with E-state index < -0.39 is 193 Å². The second-order valence-electron chi connectivity index (χ2n) is 32.3. The maximum Gasteiger partial charge on any atom is 0.305 e. The van der Waals surface area contributed by atoms with E-state index >= 15 is 28.8 Å². The van der Waals surface area contributed by atoms with Gasteiger partial charge in [-0.2, -0.15) is 0 Å². The molecule has 0 spiro atoms. The van der Waals surface area contributed by atoms with Crippen LogP contribution in [0.25, 0.3) is 32.6 Å². The predicted octanol–water partition coefficient (Wildman–Crippen LogP) is -1.11. The Morgan fingerprint density at radius 1 is 0.364 bits per heavy atom. The van der Waals surface area contributed by atoms with Gasteiger partial charge in [0.2, 0.25) is 70.9 Å². The molecule has 6 aromatic carbocycles. The minimum absolute atomic E-state index is 0.0338. The van der Waals surface area contributed by atoms with Gasteiger partial charge in [-0.1, -0.05) is 97.1 Å². The summed E-state index contributed by atoms with van der Waals surface area (Å²) in [4.78, 5) is 265. The molecular formula is C90H102N22O20. The molecule has 2 fully saturated rings. The van der Waals surface area contributed by atoms with Crippen molar-refractivity contribution in [3.63, 3.8) is 0 Å². The number of nitrogens with one attached hydrogen (secondary N) is 18. The highest BCUT2D eigenvalue weighted by molar-refractivity contribution is 6.34. The number of fused-ring (bicyclic) bond motifs is 2. The van der Waals surface area contributed by atoms with Crippen LogP contribution >= 0.6 is 0 Å². The second kappa shape index (κ2) is 44.2. The lowest BCUT2D eigenvalue weighted by atomic mass is 9.84. The molecule has 0 unspecified atom stereocenters. The number of carboxylic acid groups (broad SMARTS) is 2. The van der Waals surface area contributed by atoms with Crippen molar-refractivity contribution in [1.29, 1.82) is 10.8 Å². The number of guanidine groups is 2. The maximum absolute atomic E-state index is 15.5. The van der Waals surface area contributed by atoms with E-state index in [1.54, 1.807) is 122 Å². The molecule has 6 heterocycles. The van der Waals surface area contributed by atoms with Gasteiger partial charge in [0.05, 0.1) is 25.9 Å². The molecule has 0 aliphatic carbocycles. The van der Waals surface area contributed by atoms with Crippen molar-refractivity contribution in [2.45, 2.75) is 163 Å². The summed E-state index contributed by atoms with van der Waals surface area (Å²) >= 11 is 0. The van der Waals surface area contributed by atoms with Crippen molar-refractivity contribution in [3.05, 3.63) is 190 Å². The molecule has 0 saturated carbocycles. The Bertz CT molecular complexity index is 5400. The Kier molecular flexibility index (Phi) is 31.9. The molecule has 4 aliphatic heterocycles. The molecule has 0 radical (unpaired) electrons. The SMILES string of the molecule is N=C(N)NCCC[C@@H]1NC(=O)[C@H](CCCCNC(=O)[C@H](Cc2c[nH]c3ccccc23)N2C(=O)c3ccc4c5c(ccc(c35)C2=O)C(=O)N([C@@H](Cc2c[nH]c3ccccc23)C(=O)NCCCC[C@@H]2NC(=O)[C@@H](Cc3ccccc3)NC(=O)[C@H](CC(=O)O)NC(=O)CNC(=O)[C@H](CCCNC(=N)N)NC2=O)C4=O)NC(=O)[C@@H](Cc2ccccc2)NC(=O)[C@H](CC(=O)O)NC(=O)CNC1=O. The number of amides is 16. The molecule has 692 valence electrons. The summed E-state index contributed by atoms with van der Waals surface area (Å²) in [7, 11) is 0. The third-order valence-corrected chi connectivity index (χ3v) is 23.0. The van der Waals surface area contributed by atoms with Crippen molar-refractivity contribution in [2.75, 3.05) is 39.3 Å². The van der Waals surface area contributed by atoms with Gasteiger partial charge in [-0.3, -0.25) is 107 Å². The van der Waals surface area contributed by atoms with Gasteiger partial charge < -0.3 is 106 Å². The highest BCUT2D eigenvalue weighted by Crippen LogP contribution is 2.40. The first kappa shape index (κ1) is 95.2. The van der Waals surface area contributed by atoms with Crippen molar-refractivity contribution in [3.8, 4) is 0 Å². The Balaban J connectivity index is 0.780. The van der Waals surface area contributed by atoms with E-state index in [0.717, 1.165) is 9.80 Å². The van der Waals surface area contributed by atoms with Gasteiger partial charge in [-0.25, -0.2) is 0 Å². The van der Waals surface area contributed by atoms with E-state index in [2.05, 4.69) is 84.4 Å². The second-order valence-corrected chi connectivity index (χ2v) is 32.3. The normalized spacial score (nSPS) is 20.0. The van der Waals surface area contributed by atoms with Gasteiger partial charge in [-0.15, -0.1) is 0 Å². The van der Waals surface area contributed by atoms with Crippen LogP contribution < -0.4 is 85.9 Å². The fourth-order valence-electron chi connectivity index (χ4n) is 16.4. The summed E-state index contributed by atoms with van der Waals surface area (Å²) in [6.45, 7) is -1.76. The summed E-state index contributed by atoms with van der Waals surface area (Å²) in [5.41, 5.74) is 13.7. The third-order valence-electron chi connectivity index (χ3n) is 23.0. The smallest absolute Gasteiger partial charge is 0.305 e.